The van der Waals surface area contributed by atoms with Crippen LogP contribution in [0.2, 0.25) is 0 Å². The smallest absolute Gasteiger partial charge is 0.329 e. The van der Waals surface area contributed by atoms with Crippen molar-refractivity contribution in [3.63, 3.8) is 0 Å². The summed E-state index contributed by atoms with van der Waals surface area (Å²) >= 11 is 0. The standard InChI is InChI=1S/C67H97N13O16/c1-32(2)46-64(90)79-28-20-22-41(79)62(88)75(13)30-43(81)77(15)53(34(5)6)66(92)94-38(11)48(60(86)71-46)73-58(84)40-25-24-36(9)56-50(40)70-52-45(51(69-27-19-17-18-26-68)55(83)37(10)57(52)96-56)59(85)74-49-39(12)95-67(93)54(35(7)8)78(16)44(82)31-76(14)63(89)42-23-21-29-80(42)65(91)47(33(3)4)72-61(49)87/h24-25,32-35,38-39,41-42,46-49,53-54,69H,17-23,26-31,68H2,1-16H3,(H,71,86)(H,72,87)(H,73,84)(H,74,85)/t38-,39+,41-,42+,46-,47+,48+,49-,53+,54-/m1/s1. The quantitative estimate of drug-likeness (QED) is 0.0759. The van der Waals surface area contributed by atoms with Gasteiger partial charge in [-0.05, 0) is 108 Å². The van der Waals surface area contributed by atoms with Crippen LogP contribution in [0.4, 0.5) is 5.69 Å². The van der Waals surface area contributed by atoms with E-state index in [2.05, 4.69) is 26.6 Å². The van der Waals surface area contributed by atoms with Gasteiger partial charge in [-0.1, -0.05) is 67.9 Å². The third-order valence-corrected chi connectivity index (χ3v) is 18.7. The Balaban J connectivity index is 1.38. The first-order chi connectivity index (χ1) is 45.1. The van der Waals surface area contributed by atoms with Crippen LogP contribution in [0.5, 0.6) is 0 Å². The summed E-state index contributed by atoms with van der Waals surface area (Å²) in [4.78, 5) is 202. The van der Waals surface area contributed by atoms with E-state index in [1.54, 1.807) is 62.3 Å². The van der Waals surface area contributed by atoms with E-state index >= 15 is 19.2 Å². The average molecular weight is 1340 g/mol. The number of fused-ring (bicyclic) bond motifs is 4. The molecule has 7 rings (SSSR count). The molecule has 526 valence electrons. The largest absolute Gasteiger partial charge is 0.458 e. The van der Waals surface area contributed by atoms with E-state index in [0.717, 1.165) is 9.80 Å². The summed E-state index contributed by atoms with van der Waals surface area (Å²) < 4.78 is 18.6. The van der Waals surface area contributed by atoms with Crippen molar-refractivity contribution >= 4 is 87.8 Å². The van der Waals surface area contributed by atoms with Gasteiger partial charge < -0.3 is 75.6 Å². The number of rotatable bonds is 14. The molecule has 4 fully saturated rings. The number of carbonyl (C=O) groups is 12. The van der Waals surface area contributed by atoms with Crippen LogP contribution in [0.3, 0.4) is 0 Å². The summed E-state index contributed by atoms with van der Waals surface area (Å²) in [5.41, 5.74) is 3.83. The van der Waals surface area contributed by atoms with E-state index in [-0.39, 0.29) is 71.8 Å². The second kappa shape index (κ2) is 31.4. The molecule has 1 aromatic rings. The molecule has 0 saturated carbocycles. The van der Waals surface area contributed by atoms with Gasteiger partial charge in [0.1, 0.15) is 71.8 Å². The minimum Gasteiger partial charge on any atom is -0.458 e. The van der Waals surface area contributed by atoms with Crippen molar-refractivity contribution in [2.75, 3.05) is 72.8 Å². The number of hydrogen-bond acceptors (Lipinski definition) is 19. The van der Waals surface area contributed by atoms with Crippen LogP contribution in [0.1, 0.15) is 146 Å². The fourth-order valence-electron chi connectivity index (χ4n) is 13.1. The van der Waals surface area contributed by atoms with Crippen LogP contribution >= 0.6 is 0 Å². The lowest BCUT2D eigenvalue weighted by molar-refractivity contribution is -0.163. The van der Waals surface area contributed by atoms with Crippen molar-refractivity contribution in [3.05, 3.63) is 44.6 Å². The van der Waals surface area contributed by atoms with E-state index in [1.807, 2.05) is 0 Å². The van der Waals surface area contributed by atoms with E-state index in [1.165, 1.54) is 80.7 Å². The number of unbranched alkanes of at least 4 members (excludes halogenated alkanes) is 2. The van der Waals surface area contributed by atoms with E-state index in [4.69, 9.17) is 24.6 Å². The maximum Gasteiger partial charge on any atom is 0.329 e. The third-order valence-electron chi connectivity index (χ3n) is 18.7. The number of anilines is 1. The zero-order chi connectivity index (χ0) is 71.2. The molecule has 29 heteroatoms. The molecule has 10 atom stereocenters. The molecule has 1 aromatic carbocycles. The third kappa shape index (κ3) is 15.9. The highest BCUT2D eigenvalue weighted by molar-refractivity contribution is 6.11. The first kappa shape index (κ1) is 74.6. The van der Waals surface area contributed by atoms with Gasteiger partial charge in [0, 0.05) is 53.4 Å². The topological polar surface area (TPSA) is 372 Å². The van der Waals surface area contributed by atoms with Crippen LogP contribution in [-0.4, -0.2) is 233 Å². The fraction of sp³-hybridized carbons (Fsp3) is 0.642. The monoisotopic (exact) mass is 1340 g/mol. The lowest BCUT2D eigenvalue weighted by Crippen LogP contribution is -2.61. The number of ether oxygens (including phenoxy) is 2. The Morgan fingerprint density at radius 2 is 1.08 bits per heavy atom. The Kier molecular flexibility index (Phi) is 24.4. The molecule has 0 bridgehead atoms. The minimum absolute atomic E-state index is 0.0303. The molecular weight excluding hydrogens is 1240 g/mol. The number of nitrogens with zero attached hydrogens (tertiary/aromatic N) is 7. The Morgan fingerprint density at radius 1 is 0.625 bits per heavy atom. The van der Waals surface area contributed by atoms with Gasteiger partial charge in [0.2, 0.25) is 52.7 Å². The summed E-state index contributed by atoms with van der Waals surface area (Å²) in [7, 11) is 5.63. The number of nitrogens with two attached hydrogens (primary N) is 1. The number of likely N-dealkylation sites (N-methyl/N-ethyl adjacent to an activating group) is 4. The van der Waals surface area contributed by atoms with Crippen LogP contribution in [0.15, 0.2) is 21.3 Å². The van der Waals surface area contributed by atoms with E-state index < -0.39 is 179 Å². The predicted molar refractivity (Wildman–Crippen MR) is 352 cm³/mol. The number of carbonyl (C=O) groups excluding carboxylic acids is 12. The van der Waals surface area contributed by atoms with E-state index in [9.17, 15) is 43.2 Å². The zero-order valence-corrected chi connectivity index (χ0v) is 58.2. The number of aromatic nitrogens is 1. The molecule has 5 aliphatic heterocycles. The van der Waals surface area contributed by atoms with Gasteiger partial charge in [-0.25, -0.2) is 14.6 Å². The van der Waals surface area contributed by atoms with Crippen molar-refractivity contribution in [1.29, 1.82) is 0 Å². The van der Waals surface area contributed by atoms with Crippen LogP contribution in [0, 0.1) is 37.5 Å². The second-order valence-corrected chi connectivity index (χ2v) is 27.3. The van der Waals surface area contributed by atoms with Crippen molar-refractivity contribution in [1.82, 2.24) is 55.7 Å². The lowest BCUT2D eigenvalue weighted by Gasteiger charge is -2.36. The lowest BCUT2D eigenvalue weighted by atomic mass is 9.97. The molecule has 29 nitrogen and oxygen atoms in total. The van der Waals surface area contributed by atoms with Gasteiger partial charge in [-0.15, -0.1) is 0 Å². The molecule has 7 N–H and O–H groups in total. The molecule has 10 amide bonds. The van der Waals surface area contributed by atoms with Gasteiger partial charge in [0.25, 0.3) is 11.8 Å². The molecule has 4 saturated heterocycles. The molecule has 0 spiro atoms. The Hall–Kier alpha value is -8.76. The molecule has 1 aliphatic carbocycles. The van der Waals surface area contributed by atoms with Gasteiger partial charge in [-0.3, -0.25) is 52.7 Å². The van der Waals surface area contributed by atoms with Crippen LogP contribution in [-0.2, 0) is 57.4 Å². The normalized spacial score (nSPS) is 25.3. The number of hydrogen-bond donors (Lipinski definition) is 6. The highest BCUT2D eigenvalue weighted by atomic mass is 16.6. The average Bonchev–Trinajstić information content (AvgIpc) is 0.916. The minimum atomic E-state index is -1.87. The van der Waals surface area contributed by atoms with Gasteiger partial charge >= 0.3 is 11.9 Å². The number of benzene rings is 2. The first-order valence-corrected chi connectivity index (χ1v) is 33.3. The van der Waals surface area contributed by atoms with Gasteiger partial charge in [0.15, 0.2) is 11.3 Å². The number of cyclic esters (lactones) is 2. The maximum absolute atomic E-state index is 15.7. The zero-order valence-electron chi connectivity index (χ0n) is 58.2. The Morgan fingerprint density at radius 3 is 1.52 bits per heavy atom. The van der Waals surface area contributed by atoms with Gasteiger partial charge in [0.05, 0.1) is 29.9 Å². The van der Waals surface area contributed by atoms with Gasteiger partial charge in [-0.2, -0.15) is 0 Å². The predicted octanol–water partition coefficient (Wildman–Crippen LogP) is 1.68. The summed E-state index contributed by atoms with van der Waals surface area (Å²) in [6, 6.07) is -7.83. The highest BCUT2D eigenvalue weighted by Gasteiger charge is 2.47. The molecule has 6 aliphatic rings. The summed E-state index contributed by atoms with van der Waals surface area (Å²) in [6.07, 6.45) is 0.0604. The molecular formula is C67H97N13O16. The second-order valence-electron chi connectivity index (χ2n) is 27.3. The van der Waals surface area contributed by atoms with Crippen molar-refractivity contribution in [2.45, 2.75) is 189 Å². The highest BCUT2D eigenvalue weighted by Crippen LogP contribution is 2.36. The van der Waals surface area contributed by atoms with Crippen molar-refractivity contribution in [3.8, 4) is 11.5 Å². The molecule has 0 aromatic heterocycles. The molecule has 0 unspecified atom stereocenters. The first-order valence-electron chi connectivity index (χ1n) is 33.3. The van der Waals surface area contributed by atoms with Crippen molar-refractivity contribution in [2.24, 2.45) is 29.4 Å². The molecule has 5 heterocycles. The fourth-order valence-corrected chi connectivity index (χ4v) is 13.1. The number of amides is 10. The Bertz CT molecular complexity index is 3530. The van der Waals surface area contributed by atoms with Crippen LogP contribution in [0.25, 0.3) is 22.6 Å². The van der Waals surface area contributed by atoms with Crippen molar-refractivity contribution < 1.29 is 71.4 Å². The number of aryl methyl sites for hydroxylation is 1. The summed E-state index contributed by atoms with van der Waals surface area (Å²) in [6.45, 7) is 19.1. The number of nitrogens with one attached hydrogen (secondary N) is 5. The number of esters is 2. The summed E-state index contributed by atoms with van der Waals surface area (Å²) in [5.74, 6) is -12.1. The Labute approximate surface area is 559 Å². The van der Waals surface area contributed by atoms with Crippen LogP contribution < -0.4 is 37.7 Å². The summed E-state index contributed by atoms with van der Waals surface area (Å²) in [5, 5.41) is 14.1. The van der Waals surface area contributed by atoms with E-state index in [0.29, 0.717) is 44.2 Å². The molecule has 0 radical (unpaired) electrons. The maximum atomic E-state index is 15.7. The SMILES string of the molecule is Cc1c2oc3c(C)ccc(C(=O)N[C@@H]4C(=O)N[C@H](C(C)C)C(=O)N5CCC[C@@H]5C(=O)N(C)CC(=O)N(C)[C@@H](C(C)C)C(=O)O[C@@H]4C)c3nc-2c(C(=O)N[C@H]2C(=O)N[C@@H](C(C)C)C(=O)N3CCC[C@H]3C(=O)N(C)CC(=O)N(C)[C@H](C(C)C)C(=O)O[C@H]2C)c(NCCCCCN)c1=O. The molecule has 96 heavy (non-hydrogen) atoms.